The number of fused-ring (bicyclic) bond motifs is 3. The molecule has 3 unspecified atom stereocenters. The van der Waals surface area contributed by atoms with Gasteiger partial charge in [-0.2, -0.15) is 11.8 Å². The third-order valence-electron chi connectivity index (χ3n) is 11.7. The SMILES string of the molecule is CN[C@@H]1c2c(cc(C)c(OC)c2O)CCCN(C(COC(=O)C2NCCc3cc(CCCCO)c(OC)cc32)c2c(C)c(OC(C)=O)c(C)c3c2OCO3)C1CSC. The molecular weight excluding hydrogens is 763 g/mol. The lowest BCUT2D eigenvalue weighted by Crippen LogP contribution is -2.50. The van der Waals surface area contributed by atoms with Crippen LogP contribution in [0.4, 0.5) is 0 Å². The Kier molecular flexibility index (Phi) is 14.4. The number of phenols is 1. The predicted molar refractivity (Wildman–Crippen MR) is 223 cm³/mol. The fourth-order valence-electron chi connectivity index (χ4n) is 9.15. The first-order valence-electron chi connectivity index (χ1n) is 20.1. The van der Waals surface area contributed by atoms with Gasteiger partial charge in [-0.1, -0.05) is 12.1 Å². The van der Waals surface area contributed by atoms with E-state index in [1.807, 2.05) is 33.9 Å². The van der Waals surface area contributed by atoms with E-state index in [0.29, 0.717) is 77.1 Å². The van der Waals surface area contributed by atoms with Crippen LogP contribution < -0.4 is 34.3 Å². The van der Waals surface area contributed by atoms with Gasteiger partial charge < -0.3 is 49.3 Å². The van der Waals surface area contributed by atoms with Crippen LogP contribution in [0.2, 0.25) is 0 Å². The number of nitrogens with zero attached hydrogens (tertiary/aromatic N) is 1. The molecular formula is C44H59N3O10S. The van der Waals surface area contributed by atoms with Gasteiger partial charge in [0.2, 0.25) is 6.79 Å². The molecule has 0 amide bonds. The van der Waals surface area contributed by atoms with E-state index < -0.39 is 24.0 Å². The first-order valence-corrected chi connectivity index (χ1v) is 21.5. The number of rotatable bonds is 15. The number of esters is 2. The molecule has 0 spiro atoms. The van der Waals surface area contributed by atoms with Gasteiger partial charge in [0.25, 0.3) is 0 Å². The molecule has 3 aromatic carbocycles. The lowest BCUT2D eigenvalue weighted by atomic mass is 9.85. The van der Waals surface area contributed by atoms with Crippen molar-refractivity contribution < 1.29 is 48.2 Å². The summed E-state index contributed by atoms with van der Waals surface area (Å²) < 4.78 is 36.1. The molecule has 4 N–H and O–H groups in total. The number of aliphatic hydroxyl groups excluding tert-OH is 1. The number of carbonyl (C=O) groups is 2. The fraction of sp³-hybridized carbons (Fsp3) is 0.545. The molecule has 3 heterocycles. The van der Waals surface area contributed by atoms with Gasteiger partial charge in [-0.15, -0.1) is 0 Å². The summed E-state index contributed by atoms with van der Waals surface area (Å²) in [7, 11) is 5.09. The van der Waals surface area contributed by atoms with Crippen molar-refractivity contribution in [2.75, 3.05) is 66.4 Å². The molecule has 316 valence electrons. The van der Waals surface area contributed by atoms with Crippen molar-refractivity contribution in [3.63, 3.8) is 0 Å². The van der Waals surface area contributed by atoms with Crippen LogP contribution in [0.15, 0.2) is 18.2 Å². The average molecular weight is 822 g/mol. The molecule has 13 nitrogen and oxygen atoms in total. The highest BCUT2D eigenvalue weighted by molar-refractivity contribution is 7.98. The van der Waals surface area contributed by atoms with Crippen LogP contribution in [0.5, 0.6) is 34.5 Å². The second-order valence-electron chi connectivity index (χ2n) is 15.3. The van der Waals surface area contributed by atoms with Gasteiger partial charge in [0, 0.05) is 54.1 Å². The van der Waals surface area contributed by atoms with Crippen molar-refractivity contribution >= 4 is 23.7 Å². The van der Waals surface area contributed by atoms with Gasteiger partial charge in [-0.3, -0.25) is 9.69 Å². The van der Waals surface area contributed by atoms with Crippen molar-refractivity contribution in [1.29, 1.82) is 0 Å². The molecule has 0 saturated heterocycles. The third-order valence-corrected chi connectivity index (χ3v) is 12.4. The van der Waals surface area contributed by atoms with E-state index in [1.165, 1.54) is 6.92 Å². The Bertz CT molecular complexity index is 1990. The Hall–Kier alpha value is -4.21. The molecule has 0 radical (unpaired) electrons. The van der Waals surface area contributed by atoms with Crippen LogP contribution in [0.1, 0.15) is 94.4 Å². The predicted octanol–water partition coefficient (Wildman–Crippen LogP) is 5.72. The van der Waals surface area contributed by atoms with Gasteiger partial charge in [0.15, 0.2) is 23.0 Å². The fourth-order valence-corrected chi connectivity index (χ4v) is 9.87. The lowest BCUT2D eigenvalue weighted by molar-refractivity contribution is -0.149. The molecule has 3 aliphatic heterocycles. The van der Waals surface area contributed by atoms with E-state index in [4.69, 9.17) is 28.4 Å². The first kappa shape index (κ1) is 43.4. The highest BCUT2D eigenvalue weighted by Gasteiger charge is 2.42. The number of unbranched alkanes of at least 4 members (excludes halogenated alkanes) is 1. The number of benzene rings is 3. The number of methoxy groups -OCH3 is 2. The molecule has 0 saturated carbocycles. The summed E-state index contributed by atoms with van der Waals surface area (Å²) in [4.78, 5) is 29.3. The number of likely N-dealkylation sites (N-methyl/N-ethyl adjacent to an activating group) is 1. The number of aliphatic hydroxyl groups is 1. The zero-order chi connectivity index (χ0) is 41.7. The van der Waals surface area contributed by atoms with Crippen molar-refractivity contribution in [3.8, 4) is 34.5 Å². The first-order chi connectivity index (χ1) is 28.0. The van der Waals surface area contributed by atoms with Crippen LogP contribution in [-0.2, 0) is 33.6 Å². The van der Waals surface area contributed by atoms with Crippen LogP contribution in [0, 0.1) is 20.8 Å². The van der Waals surface area contributed by atoms with Crippen molar-refractivity contribution in [1.82, 2.24) is 15.5 Å². The summed E-state index contributed by atoms with van der Waals surface area (Å²) in [5.41, 5.74) is 7.67. The van der Waals surface area contributed by atoms with Crippen LogP contribution in [-0.4, -0.2) is 99.5 Å². The van der Waals surface area contributed by atoms with Gasteiger partial charge >= 0.3 is 11.9 Å². The number of thioether (sulfide) groups is 1. The average Bonchev–Trinajstić information content (AvgIpc) is 3.69. The van der Waals surface area contributed by atoms with Crippen molar-refractivity contribution in [2.45, 2.75) is 90.4 Å². The highest BCUT2D eigenvalue weighted by atomic mass is 32.2. The molecule has 3 aromatic rings. The maximum atomic E-state index is 14.5. The maximum absolute atomic E-state index is 14.5. The largest absolute Gasteiger partial charge is 0.504 e. The second-order valence-corrected chi connectivity index (χ2v) is 16.2. The van der Waals surface area contributed by atoms with Gasteiger partial charge in [-0.25, -0.2) is 4.79 Å². The molecule has 14 heteroatoms. The maximum Gasteiger partial charge on any atom is 0.327 e. The zero-order valence-corrected chi connectivity index (χ0v) is 35.9. The molecule has 58 heavy (non-hydrogen) atoms. The number of nitrogens with one attached hydrogen (secondary N) is 2. The Morgan fingerprint density at radius 3 is 2.50 bits per heavy atom. The Morgan fingerprint density at radius 2 is 1.81 bits per heavy atom. The van der Waals surface area contributed by atoms with E-state index in [-0.39, 0.29) is 37.8 Å². The van der Waals surface area contributed by atoms with Crippen LogP contribution >= 0.6 is 11.8 Å². The van der Waals surface area contributed by atoms with Gasteiger partial charge in [0.05, 0.1) is 26.3 Å². The number of phenolic OH excluding ortho intramolecular Hbond substituents is 1. The number of hydrogen-bond donors (Lipinski definition) is 4. The quantitative estimate of drug-likeness (QED) is 0.0839. The molecule has 4 atom stereocenters. The lowest BCUT2D eigenvalue weighted by Gasteiger charge is -2.44. The van der Waals surface area contributed by atoms with E-state index in [0.717, 1.165) is 59.1 Å². The topological polar surface area (TPSA) is 157 Å². The molecule has 3 aliphatic rings. The number of aryl methyl sites for hydroxylation is 3. The van der Waals surface area contributed by atoms with Crippen LogP contribution in [0.25, 0.3) is 0 Å². The summed E-state index contributed by atoms with van der Waals surface area (Å²) in [5, 5.41) is 28.1. The number of hydrogen-bond acceptors (Lipinski definition) is 14. The third kappa shape index (κ3) is 8.58. The summed E-state index contributed by atoms with van der Waals surface area (Å²) >= 11 is 1.69. The Morgan fingerprint density at radius 1 is 1.03 bits per heavy atom. The number of carbonyl (C=O) groups excluding carboxylic acids is 2. The molecule has 0 fully saturated rings. The van der Waals surface area contributed by atoms with Gasteiger partial charge in [-0.05, 0) is 113 Å². The summed E-state index contributed by atoms with van der Waals surface area (Å²) in [6.45, 7) is 8.33. The van der Waals surface area contributed by atoms with E-state index in [9.17, 15) is 19.8 Å². The van der Waals surface area contributed by atoms with E-state index in [1.54, 1.807) is 26.0 Å². The minimum Gasteiger partial charge on any atom is -0.504 e. The number of ether oxygens (including phenoxy) is 6. The zero-order valence-electron chi connectivity index (χ0n) is 35.0. The summed E-state index contributed by atoms with van der Waals surface area (Å²) in [5.74, 6) is 2.41. The Labute approximate surface area is 346 Å². The summed E-state index contributed by atoms with van der Waals surface area (Å²) in [6, 6.07) is 4.26. The van der Waals surface area contributed by atoms with E-state index >= 15 is 0 Å². The molecule has 6 rings (SSSR count). The standard InChI is InChI=1S/C44H59N3O10S/c1-24-18-30-13-11-16-47(33(22-58-8)38(45-5)36(30)39(50)40(24)53-7)32(35-25(2)41(57-27(4)49)26(3)42-43(35)56-23-55-42)21-54-44(51)37-31-20-34(52-6)29(12-9-10-17-48)19-28(31)14-15-46-37/h18-20,32-33,37-38,45-46,48,50H,9-17,21-23H2,1-8H3/t32?,33?,37?,38-/m0/s1. The smallest absolute Gasteiger partial charge is 0.327 e. The van der Waals surface area contributed by atoms with Crippen molar-refractivity contribution in [2.24, 2.45) is 0 Å². The van der Waals surface area contributed by atoms with Crippen molar-refractivity contribution in [3.05, 3.63) is 68.3 Å². The Balaban J connectivity index is 1.45. The normalized spacial score (nSPS) is 19.4. The number of aromatic hydroxyl groups is 1. The minimum absolute atomic E-state index is 0.0149. The van der Waals surface area contributed by atoms with E-state index in [2.05, 4.69) is 33.9 Å². The second kappa shape index (κ2) is 19.2. The summed E-state index contributed by atoms with van der Waals surface area (Å²) in [6.07, 6.45) is 6.52. The monoisotopic (exact) mass is 821 g/mol. The van der Waals surface area contributed by atoms with Crippen LogP contribution in [0.3, 0.4) is 0 Å². The highest BCUT2D eigenvalue weighted by Crippen LogP contribution is 2.51. The molecule has 0 bridgehead atoms. The minimum atomic E-state index is -0.732. The molecule has 0 aromatic heterocycles. The van der Waals surface area contributed by atoms with Gasteiger partial charge in [0.1, 0.15) is 24.1 Å². The molecule has 0 aliphatic carbocycles.